The minimum absolute atomic E-state index is 0.353. The molecule has 0 aromatic carbocycles. The zero-order valence-corrected chi connectivity index (χ0v) is 11.4. The Hall–Kier alpha value is -1.20. The summed E-state index contributed by atoms with van der Waals surface area (Å²) in [6, 6.07) is 5.82. The van der Waals surface area contributed by atoms with Gasteiger partial charge in [-0.15, -0.1) is 0 Å². The third-order valence-electron chi connectivity index (χ3n) is 3.33. The predicted molar refractivity (Wildman–Crippen MR) is 76.9 cm³/mol. The summed E-state index contributed by atoms with van der Waals surface area (Å²) in [7, 11) is 1.76. The maximum absolute atomic E-state index is 5.61. The monoisotopic (exact) mass is 265 g/mol. The summed E-state index contributed by atoms with van der Waals surface area (Å²) < 4.78 is 5.21. The molecule has 1 fully saturated rings. The Balaban J connectivity index is 2.01. The second kappa shape index (κ2) is 6.11. The maximum atomic E-state index is 5.61. The molecule has 2 rings (SSSR count). The van der Waals surface area contributed by atoms with E-state index in [-0.39, 0.29) is 0 Å². The smallest absolute Gasteiger partial charge is 0.129 e. The molecule has 0 aliphatic carbocycles. The van der Waals surface area contributed by atoms with Crippen LogP contribution in [-0.4, -0.2) is 36.8 Å². The standard InChI is InChI=1S/C13H19N3OS/c1-17-9-10-5-7-16(8-6-10)12-4-2-3-11(15-12)13(14)18/h2-4,10H,5-9H2,1H3,(H2,14,18). The molecule has 2 heterocycles. The summed E-state index contributed by atoms with van der Waals surface area (Å²) in [5, 5.41) is 0. The van der Waals surface area contributed by atoms with Crippen molar-refractivity contribution in [3.8, 4) is 0 Å². The van der Waals surface area contributed by atoms with E-state index < -0.39 is 0 Å². The van der Waals surface area contributed by atoms with Crippen molar-refractivity contribution in [3.05, 3.63) is 23.9 Å². The third-order valence-corrected chi connectivity index (χ3v) is 3.54. The van der Waals surface area contributed by atoms with Crippen LogP contribution in [0.4, 0.5) is 5.82 Å². The molecule has 2 N–H and O–H groups in total. The largest absolute Gasteiger partial charge is 0.388 e. The number of rotatable bonds is 4. The Labute approximate surface area is 113 Å². The van der Waals surface area contributed by atoms with Crippen molar-refractivity contribution in [2.45, 2.75) is 12.8 Å². The first-order valence-electron chi connectivity index (χ1n) is 6.21. The average Bonchev–Trinajstić information content (AvgIpc) is 2.40. The second-order valence-corrected chi connectivity index (χ2v) is 5.07. The summed E-state index contributed by atoms with van der Waals surface area (Å²) in [6.45, 7) is 2.89. The van der Waals surface area contributed by atoms with Crippen molar-refractivity contribution >= 4 is 23.0 Å². The molecule has 1 aliphatic rings. The van der Waals surface area contributed by atoms with Gasteiger partial charge in [0.25, 0.3) is 0 Å². The van der Waals surface area contributed by atoms with Crippen LogP contribution in [-0.2, 0) is 4.74 Å². The molecule has 0 bridgehead atoms. The first-order chi connectivity index (χ1) is 8.70. The topological polar surface area (TPSA) is 51.4 Å². The van der Waals surface area contributed by atoms with E-state index in [0.29, 0.717) is 16.6 Å². The second-order valence-electron chi connectivity index (χ2n) is 4.63. The fourth-order valence-electron chi connectivity index (χ4n) is 2.30. The SMILES string of the molecule is COCC1CCN(c2cccc(C(N)=S)n2)CC1. The molecule has 5 heteroatoms. The van der Waals surface area contributed by atoms with Gasteiger partial charge in [0.1, 0.15) is 10.8 Å². The van der Waals surface area contributed by atoms with Crippen LogP contribution in [0.3, 0.4) is 0 Å². The highest BCUT2D eigenvalue weighted by Gasteiger charge is 2.20. The zero-order valence-electron chi connectivity index (χ0n) is 10.6. The molecule has 0 atom stereocenters. The van der Waals surface area contributed by atoms with Gasteiger partial charge in [-0.25, -0.2) is 4.98 Å². The van der Waals surface area contributed by atoms with Crippen molar-refractivity contribution in [2.75, 3.05) is 31.7 Å². The Kier molecular flexibility index (Phi) is 4.49. The molecule has 0 spiro atoms. The Morgan fingerprint density at radius 3 is 2.83 bits per heavy atom. The van der Waals surface area contributed by atoms with Crippen molar-refractivity contribution in [1.29, 1.82) is 0 Å². The van der Waals surface area contributed by atoms with E-state index in [4.69, 9.17) is 22.7 Å². The molecule has 0 amide bonds. The predicted octanol–water partition coefficient (Wildman–Crippen LogP) is 1.58. The number of thiocarbonyl (C=S) groups is 1. The van der Waals surface area contributed by atoms with Gasteiger partial charge in [-0.1, -0.05) is 18.3 Å². The molecular weight excluding hydrogens is 246 g/mol. The van der Waals surface area contributed by atoms with Crippen molar-refractivity contribution in [1.82, 2.24) is 4.98 Å². The fourth-order valence-corrected chi connectivity index (χ4v) is 2.41. The lowest BCUT2D eigenvalue weighted by Gasteiger charge is -2.32. The minimum atomic E-state index is 0.353. The fraction of sp³-hybridized carbons (Fsp3) is 0.538. The van der Waals surface area contributed by atoms with E-state index in [9.17, 15) is 0 Å². The lowest BCUT2D eigenvalue weighted by atomic mass is 9.98. The molecule has 0 radical (unpaired) electrons. The quantitative estimate of drug-likeness (QED) is 0.838. The van der Waals surface area contributed by atoms with Crippen LogP contribution < -0.4 is 10.6 Å². The summed E-state index contributed by atoms with van der Waals surface area (Å²) in [4.78, 5) is 7.13. The Bertz CT molecular complexity index is 416. The minimum Gasteiger partial charge on any atom is -0.388 e. The number of aromatic nitrogens is 1. The van der Waals surface area contributed by atoms with Crippen LogP contribution in [0, 0.1) is 5.92 Å². The number of pyridine rings is 1. The first-order valence-corrected chi connectivity index (χ1v) is 6.62. The van der Waals surface area contributed by atoms with Gasteiger partial charge in [-0.3, -0.25) is 0 Å². The molecule has 0 unspecified atom stereocenters. The number of anilines is 1. The summed E-state index contributed by atoms with van der Waals surface area (Å²) in [5.41, 5.74) is 6.30. The molecule has 1 aromatic heterocycles. The van der Waals surface area contributed by atoms with Gasteiger partial charge < -0.3 is 15.4 Å². The van der Waals surface area contributed by atoms with Gasteiger partial charge in [0.05, 0.1) is 5.69 Å². The lowest BCUT2D eigenvalue weighted by molar-refractivity contribution is 0.139. The van der Waals surface area contributed by atoms with Crippen LogP contribution in [0.25, 0.3) is 0 Å². The van der Waals surface area contributed by atoms with Crippen LogP contribution in [0.15, 0.2) is 18.2 Å². The summed E-state index contributed by atoms with van der Waals surface area (Å²) in [6.07, 6.45) is 2.29. The first kappa shape index (κ1) is 13.2. The highest BCUT2D eigenvalue weighted by atomic mass is 32.1. The molecule has 0 saturated carbocycles. The number of nitrogens with two attached hydrogens (primary N) is 1. The molecule has 1 aliphatic heterocycles. The molecule has 1 saturated heterocycles. The van der Waals surface area contributed by atoms with Crippen LogP contribution in [0.5, 0.6) is 0 Å². The van der Waals surface area contributed by atoms with Crippen molar-refractivity contribution < 1.29 is 4.74 Å². The van der Waals surface area contributed by atoms with E-state index >= 15 is 0 Å². The van der Waals surface area contributed by atoms with E-state index in [2.05, 4.69) is 9.88 Å². The number of hydrogen-bond donors (Lipinski definition) is 1. The van der Waals surface area contributed by atoms with Gasteiger partial charge in [-0.05, 0) is 30.9 Å². The van der Waals surface area contributed by atoms with Gasteiger partial charge in [0.15, 0.2) is 0 Å². The molecular formula is C13H19N3OS. The van der Waals surface area contributed by atoms with E-state index in [0.717, 1.165) is 38.4 Å². The Morgan fingerprint density at radius 2 is 2.22 bits per heavy atom. The van der Waals surface area contributed by atoms with Gasteiger partial charge >= 0.3 is 0 Å². The highest BCUT2D eigenvalue weighted by molar-refractivity contribution is 7.80. The lowest BCUT2D eigenvalue weighted by Crippen LogP contribution is -2.35. The molecule has 18 heavy (non-hydrogen) atoms. The summed E-state index contributed by atoms with van der Waals surface area (Å²) in [5.74, 6) is 1.64. The van der Waals surface area contributed by atoms with Gasteiger partial charge in [-0.2, -0.15) is 0 Å². The van der Waals surface area contributed by atoms with Gasteiger partial charge in [0, 0.05) is 26.8 Å². The maximum Gasteiger partial charge on any atom is 0.129 e. The zero-order chi connectivity index (χ0) is 13.0. The number of ether oxygens (including phenoxy) is 1. The molecule has 1 aromatic rings. The van der Waals surface area contributed by atoms with Crippen LogP contribution >= 0.6 is 12.2 Å². The average molecular weight is 265 g/mol. The van der Waals surface area contributed by atoms with Crippen molar-refractivity contribution in [2.24, 2.45) is 11.7 Å². The van der Waals surface area contributed by atoms with Crippen LogP contribution in [0.1, 0.15) is 18.5 Å². The molecule has 98 valence electrons. The normalized spacial score (nSPS) is 16.8. The summed E-state index contributed by atoms with van der Waals surface area (Å²) >= 11 is 4.96. The van der Waals surface area contributed by atoms with E-state index in [1.54, 1.807) is 7.11 Å². The number of hydrogen-bond acceptors (Lipinski definition) is 4. The van der Waals surface area contributed by atoms with Crippen molar-refractivity contribution in [3.63, 3.8) is 0 Å². The number of methoxy groups -OCH3 is 1. The number of nitrogens with zero attached hydrogens (tertiary/aromatic N) is 2. The molecule has 4 nitrogen and oxygen atoms in total. The van der Waals surface area contributed by atoms with E-state index in [1.807, 2.05) is 18.2 Å². The highest BCUT2D eigenvalue weighted by Crippen LogP contribution is 2.22. The third kappa shape index (κ3) is 3.17. The van der Waals surface area contributed by atoms with Gasteiger partial charge in [0.2, 0.25) is 0 Å². The van der Waals surface area contributed by atoms with Crippen LogP contribution in [0.2, 0.25) is 0 Å². The number of piperidine rings is 1. The van der Waals surface area contributed by atoms with E-state index in [1.165, 1.54) is 0 Å². The Morgan fingerprint density at radius 1 is 1.50 bits per heavy atom.